The van der Waals surface area contributed by atoms with E-state index >= 15 is 0 Å². The summed E-state index contributed by atoms with van der Waals surface area (Å²) in [7, 11) is 0. The Morgan fingerprint density at radius 3 is 2.20 bits per heavy atom. The van der Waals surface area contributed by atoms with Gasteiger partial charge < -0.3 is 11.1 Å². The number of amides is 1. The predicted molar refractivity (Wildman–Crippen MR) is 84.2 cm³/mol. The molecule has 0 atom stereocenters. The van der Waals surface area contributed by atoms with Gasteiger partial charge in [0, 0.05) is 16.9 Å². The fraction of sp³-hybridized carbons (Fsp3) is 0.235. The first-order chi connectivity index (χ1) is 9.40. The predicted octanol–water partition coefficient (Wildman–Crippen LogP) is 3.75. The summed E-state index contributed by atoms with van der Waals surface area (Å²) in [4.78, 5) is 12.4. The third-order valence-corrected chi connectivity index (χ3v) is 3.64. The van der Waals surface area contributed by atoms with Crippen LogP contribution in [0, 0.1) is 27.7 Å². The SMILES string of the molecule is Cc1cccc(C(=O)Nc2c(C)cc(N)cc2C)c1C. The van der Waals surface area contributed by atoms with Crippen LogP contribution in [0.15, 0.2) is 30.3 Å². The van der Waals surface area contributed by atoms with Gasteiger partial charge in [-0.25, -0.2) is 0 Å². The molecule has 3 nitrogen and oxygen atoms in total. The minimum atomic E-state index is -0.0813. The number of carbonyl (C=O) groups excluding carboxylic acids is 1. The van der Waals surface area contributed by atoms with Crippen LogP contribution in [0.25, 0.3) is 0 Å². The van der Waals surface area contributed by atoms with Crippen molar-refractivity contribution in [3.05, 3.63) is 58.1 Å². The van der Waals surface area contributed by atoms with E-state index in [2.05, 4.69) is 5.32 Å². The van der Waals surface area contributed by atoms with Crippen LogP contribution in [0.2, 0.25) is 0 Å². The highest BCUT2D eigenvalue weighted by Crippen LogP contribution is 2.24. The van der Waals surface area contributed by atoms with Crippen LogP contribution in [0.5, 0.6) is 0 Å². The molecule has 0 spiro atoms. The minimum Gasteiger partial charge on any atom is -0.399 e. The molecule has 0 saturated carbocycles. The summed E-state index contributed by atoms with van der Waals surface area (Å²) >= 11 is 0. The average Bonchev–Trinajstić information content (AvgIpc) is 2.36. The lowest BCUT2D eigenvalue weighted by Crippen LogP contribution is -2.15. The molecule has 1 amide bonds. The molecule has 3 N–H and O–H groups in total. The van der Waals surface area contributed by atoms with E-state index < -0.39 is 0 Å². The molecule has 0 aromatic heterocycles. The number of hydrogen-bond acceptors (Lipinski definition) is 2. The van der Waals surface area contributed by atoms with E-state index in [-0.39, 0.29) is 5.91 Å². The Morgan fingerprint density at radius 2 is 1.60 bits per heavy atom. The van der Waals surface area contributed by atoms with Crippen LogP contribution in [0.1, 0.15) is 32.6 Å². The topological polar surface area (TPSA) is 55.1 Å². The number of anilines is 2. The maximum absolute atomic E-state index is 12.4. The normalized spacial score (nSPS) is 10.4. The Morgan fingerprint density at radius 1 is 1.00 bits per heavy atom. The molecule has 3 heteroatoms. The first-order valence-corrected chi connectivity index (χ1v) is 6.64. The van der Waals surface area contributed by atoms with Gasteiger partial charge in [0.2, 0.25) is 0 Å². The number of carbonyl (C=O) groups is 1. The molecule has 0 heterocycles. The van der Waals surface area contributed by atoms with Gasteiger partial charge in [-0.05, 0) is 68.1 Å². The van der Waals surface area contributed by atoms with Crippen LogP contribution in [0.4, 0.5) is 11.4 Å². The zero-order valence-corrected chi connectivity index (χ0v) is 12.4. The molecule has 0 fully saturated rings. The van der Waals surface area contributed by atoms with Gasteiger partial charge in [-0.2, -0.15) is 0 Å². The first kappa shape index (κ1) is 14.1. The molecule has 0 aliphatic heterocycles. The number of rotatable bonds is 2. The summed E-state index contributed by atoms with van der Waals surface area (Å²) in [6, 6.07) is 9.49. The molecule has 20 heavy (non-hydrogen) atoms. The number of hydrogen-bond donors (Lipinski definition) is 2. The van der Waals surface area contributed by atoms with Gasteiger partial charge in [0.1, 0.15) is 0 Å². The van der Waals surface area contributed by atoms with Crippen molar-refractivity contribution in [2.24, 2.45) is 0 Å². The van der Waals surface area contributed by atoms with Crippen molar-refractivity contribution in [1.82, 2.24) is 0 Å². The monoisotopic (exact) mass is 268 g/mol. The third-order valence-electron chi connectivity index (χ3n) is 3.64. The van der Waals surface area contributed by atoms with E-state index in [0.717, 1.165) is 27.9 Å². The summed E-state index contributed by atoms with van der Waals surface area (Å²) in [5, 5.41) is 3.00. The van der Waals surface area contributed by atoms with Gasteiger partial charge in [0.15, 0.2) is 0 Å². The third kappa shape index (κ3) is 2.67. The Balaban J connectivity index is 2.36. The lowest BCUT2D eigenvalue weighted by atomic mass is 10.0. The zero-order chi connectivity index (χ0) is 14.9. The van der Waals surface area contributed by atoms with E-state index in [0.29, 0.717) is 11.3 Å². The van der Waals surface area contributed by atoms with E-state index in [1.165, 1.54) is 0 Å². The van der Waals surface area contributed by atoms with Crippen molar-refractivity contribution in [3.63, 3.8) is 0 Å². The molecular formula is C17H20N2O. The van der Waals surface area contributed by atoms with Crippen LogP contribution in [-0.2, 0) is 0 Å². The second-order valence-corrected chi connectivity index (χ2v) is 5.23. The standard InChI is InChI=1S/C17H20N2O/c1-10-6-5-7-15(13(10)4)17(20)19-16-11(2)8-14(18)9-12(16)3/h5-9H,18H2,1-4H3,(H,19,20). The smallest absolute Gasteiger partial charge is 0.255 e. The quantitative estimate of drug-likeness (QED) is 0.815. The second-order valence-electron chi connectivity index (χ2n) is 5.23. The summed E-state index contributed by atoms with van der Waals surface area (Å²) in [5.74, 6) is -0.0813. The molecular weight excluding hydrogens is 248 g/mol. The van der Waals surface area contributed by atoms with Gasteiger partial charge in [-0.1, -0.05) is 12.1 Å². The van der Waals surface area contributed by atoms with Gasteiger partial charge in [0.05, 0.1) is 0 Å². The van der Waals surface area contributed by atoms with Crippen molar-refractivity contribution in [3.8, 4) is 0 Å². The lowest BCUT2D eigenvalue weighted by Gasteiger charge is -2.14. The van der Waals surface area contributed by atoms with Crippen LogP contribution < -0.4 is 11.1 Å². The molecule has 2 rings (SSSR count). The zero-order valence-electron chi connectivity index (χ0n) is 12.4. The van der Waals surface area contributed by atoms with Crippen LogP contribution in [0.3, 0.4) is 0 Å². The number of nitrogens with one attached hydrogen (secondary N) is 1. The molecule has 0 aliphatic carbocycles. The molecule has 0 radical (unpaired) electrons. The molecule has 104 valence electrons. The first-order valence-electron chi connectivity index (χ1n) is 6.64. The van der Waals surface area contributed by atoms with Crippen molar-refractivity contribution in [1.29, 1.82) is 0 Å². The Hall–Kier alpha value is -2.29. The van der Waals surface area contributed by atoms with Crippen molar-refractivity contribution >= 4 is 17.3 Å². The molecule has 2 aromatic rings. The largest absolute Gasteiger partial charge is 0.399 e. The average molecular weight is 268 g/mol. The number of benzene rings is 2. The highest BCUT2D eigenvalue weighted by Gasteiger charge is 2.13. The van der Waals surface area contributed by atoms with Gasteiger partial charge >= 0.3 is 0 Å². The Labute approximate surface area is 119 Å². The van der Waals surface area contributed by atoms with Crippen molar-refractivity contribution < 1.29 is 4.79 Å². The maximum atomic E-state index is 12.4. The summed E-state index contributed by atoms with van der Waals surface area (Å²) < 4.78 is 0. The number of nitrogen functional groups attached to an aromatic ring is 1. The van der Waals surface area contributed by atoms with Crippen LogP contribution >= 0.6 is 0 Å². The fourth-order valence-electron chi connectivity index (χ4n) is 2.37. The minimum absolute atomic E-state index is 0.0813. The molecule has 0 aliphatic rings. The van der Waals surface area contributed by atoms with E-state index in [9.17, 15) is 4.79 Å². The summed E-state index contributed by atoms with van der Waals surface area (Å²) in [6.07, 6.45) is 0. The highest BCUT2D eigenvalue weighted by atomic mass is 16.1. The van der Waals surface area contributed by atoms with Gasteiger partial charge in [-0.3, -0.25) is 4.79 Å². The molecule has 0 saturated heterocycles. The summed E-state index contributed by atoms with van der Waals surface area (Å²) in [5.41, 5.74) is 12.1. The molecule has 0 unspecified atom stereocenters. The number of aryl methyl sites for hydroxylation is 3. The van der Waals surface area contributed by atoms with Gasteiger partial charge in [0.25, 0.3) is 5.91 Å². The van der Waals surface area contributed by atoms with Crippen molar-refractivity contribution in [2.75, 3.05) is 11.1 Å². The van der Waals surface area contributed by atoms with Crippen molar-refractivity contribution in [2.45, 2.75) is 27.7 Å². The van der Waals surface area contributed by atoms with E-state index in [1.54, 1.807) is 0 Å². The maximum Gasteiger partial charge on any atom is 0.255 e. The summed E-state index contributed by atoms with van der Waals surface area (Å²) in [6.45, 7) is 7.86. The van der Waals surface area contributed by atoms with Gasteiger partial charge in [-0.15, -0.1) is 0 Å². The Kier molecular flexibility index (Phi) is 3.79. The fourth-order valence-corrected chi connectivity index (χ4v) is 2.37. The molecule has 0 bridgehead atoms. The number of nitrogens with two attached hydrogens (primary N) is 1. The van der Waals surface area contributed by atoms with Crippen LogP contribution in [-0.4, -0.2) is 5.91 Å². The Bertz CT molecular complexity index is 652. The molecule has 2 aromatic carbocycles. The second kappa shape index (κ2) is 5.37. The van der Waals surface area contributed by atoms with E-state index in [4.69, 9.17) is 5.73 Å². The lowest BCUT2D eigenvalue weighted by molar-refractivity contribution is 0.102. The van der Waals surface area contributed by atoms with E-state index in [1.807, 2.05) is 58.0 Å². The highest BCUT2D eigenvalue weighted by molar-refractivity contribution is 6.06.